The summed E-state index contributed by atoms with van der Waals surface area (Å²) < 4.78 is 35.8. The third-order valence-electron chi connectivity index (χ3n) is 9.52. The number of carbonyl (C=O) groups excluding carboxylic acids is 2. The van der Waals surface area contributed by atoms with E-state index in [1.54, 1.807) is 43.3 Å². The molecule has 2 saturated heterocycles. The summed E-state index contributed by atoms with van der Waals surface area (Å²) in [5.74, 6) is 0.791. The average molecular weight is 701 g/mol. The van der Waals surface area contributed by atoms with Crippen LogP contribution >= 0.6 is 11.8 Å². The van der Waals surface area contributed by atoms with E-state index in [2.05, 4.69) is 4.57 Å². The molecule has 0 spiro atoms. The lowest BCUT2D eigenvalue weighted by atomic mass is 9.79. The Labute approximate surface area is 294 Å². The first kappa shape index (κ1) is 34.0. The molecule has 0 radical (unpaired) electrons. The first-order valence-electron chi connectivity index (χ1n) is 16.7. The van der Waals surface area contributed by atoms with Crippen LogP contribution in [0.2, 0.25) is 0 Å². The SMILES string of the molecule is COCOc1cc(-c2ncc3c(nc(SC)c4nc(CCC(=O)N(C)C)n(C5C6CC5N(C(=O)OC(C)(C)C)C6)c43)c2F)c2ccccc2c1. The Kier molecular flexibility index (Phi) is 8.83. The number of imidazole rings is 1. The van der Waals surface area contributed by atoms with Gasteiger partial charge in [0.1, 0.15) is 38.9 Å². The van der Waals surface area contributed by atoms with E-state index in [9.17, 15) is 9.59 Å². The number of aryl methyl sites for hydroxylation is 1. The minimum atomic E-state index is -0.629. The van der Waals surface area contributed by atoms with Gasteiger partial charge in [-0.1, -0.05) is 24.3 Å². The van der Waals surface area contributed by atoms with Crippen molar-refractivity contribution in [3.05, 3.63) is 54.2 Å². The van der Waals surface area contributed by atoms with Crippen molar-refractivity contribution < 1.29 is 28.2 Å². The van der Waals surface area contributed by atoms with Crippen LogP contribution in [0.3, 0.4) is 0 Å². The van der Waals surface area contributed by atoms with Crippen LogP contribution in [0.1, 0.15) is 45.5 Å². The lowest BCUT2D eigenvalue weighted by Crippen LogP contribution is -2.44. The van der Waals surface area contributed by atoms with Crippen LogP contribution in [0.15, 0.2) is 47.6 Å². The molecule has 0 N–H and O–H groups in total. The van der Waals surface area contributed by atoms with E-state index in [4.69, 9.17) is 29.2 Å². The molecule has 3 unspecified atom stereocenters. The molecule has 50 heavy (non-hydrogen) atoms. The molecular weight excluding hydrogens is 660 g/mol. The summed E-state index contributed by atoms with van der Waals surface area (Å²) in [4.78, 5) is 44.1. The van der Waals surface area contributed by atoms with E-state index >= 15 is 4.39 Å². The van der Waals surface area contributed by atoms with Crippen molar-refractivity contribution in [3.63, 3.8) is 0 Å². The van der Waals surface area contributed by atoms with Gasteiger partial charge in [0.15, 0.2) is 12.6 Å². The van der Waals surface area contributed by atoms with Crippen molar-refractivity contribution in [1.29, 1.82) is 0 Å². The van der Waals surface area contributed by atoms with Gasteiger partial charge in [-0.3, -0.25) is 9.78 Å². The molecular formula is C37H41FN6O5S. The number of fused-ring (bicyclic) bond motifs is 5. The second-order valence-electron chi connectivity index (χ2n) is 14.1. The Balaban J connectivity index is 1.41. The summed E-state index contributed by atoms with van der Waals surface area (Å²) in [7, 11) is 5.00. The van der Waals surface area contributed by atoms with Gasteiger partial charge in [0.2, 0.25) is 5.91 Å². The molecule has 2 aromatic carbocycles. The highest BCUT2D eigenvalue weighted by Gasteiger charge is 2.56. The molecule has 11 nitrogen and oxygen atoms in total. The number of hydrogen-bond acceptors (Lipinski definition) is 9. The largest absolute Gasteiger partial charge is 0.468 e. The van der Waals surface area contributed by atoms with Crippen molar-refractivity contribution in [1.82, 2.24) is 29.3 Å². The van der Waals surface area contributed by atoms with Gasteiger partial charge >= 0.3 is 6.09 Å². The van der Waals surface area contributed by atoms with Crippen LogP contribution in [-0.2, 0) is 20.7 Å². The Hall–Kier alpha value is -4.49. The van der Waals surface area contributed by atoms with Crippen LogP contribution in [0.5, 0.6) is 5.75 Å². The lowest BCUT2D eigenvalue weighted by molar-refractivity contribution is -0.128. The van der Waals surface area contributed by atoms with Crippen molar-refractivity contribution >= 4 is 56.5 Å². The Bertz CT molecular complexity index is 2150. The van der Waals surface area contributed by atoms with Gasteiger partial charge in [0.25, 0.3) is 0 Å². The number of hydrogen-bond donors (Lipinski definition) is 0. The predicted octanol–water partition coefficient (Wildman–Crippen LogP) is 6.84. The number of rotatable bonds is 9. The maximum Gasteiger partial charge on any atom is 0.410 e. The number of thioether (sulfide) groups is 1. The van der Waals surface area contributed by atoms with Gasteiger partial charge in [0, 0.05) is 63.7 Å². The van der Waals surface area contributed by atoms with E-state index < -0.39 is 11.4 Å². The molecule has 1 saturated carbocycles. The average Bonchev–Trinajstić information content (AvgIpc) is 3.78. The van der Waals surface area contributed by atoms with E-state index in [1.165, 1.54) is 11.8 Å². The summed E-state index contributed by atoms with van der Waals surface area (Å²) in [6.45, 7) is 6.16. The number of carbonyl (C=O) groups is 2. The molecule has 13 heteroatoms. The number of halogens is 1. The van der Waals surface area contributed by atoms with Crippen LogP contribution in [0, 0.1) is 11.7 Å². The highest BCUT2D eigenvalue weighted by molar-refractivity contribution is 7.98. The minimum Gasteiger partial charge on any atom is -0.468 e. The Morgan fingerprint density at radius 1 is 1.10 bits per heavy atom. The third-order valence-corrected chi connectivity index (χ3v) is 10.2. The first-order valence-corrected chi connectivity index (χ1v) is 17.9. The maximum absolute atomic E-state index is 17.0. The minimum absolute atomic E-state index is 0.0232. The second-order valence-corrected chi connectivity index (χ2v) is 14.9. The molecule has 2 bridgehead atoms. The van der Waals surface area contributed by atoms with Gasteiger partial charge in [-0.2, -0.15) is 0 Å². The van der Waals surface area contributed by atoms with E-state index in [-0.39, 0.29) is 54.4 Å². The summed E-state index contributed by atoms with van der Waals surface area (Å²) in [5.41, 5.74) is 1.60. The van der Waals surface area contributed by atoms with Gasteiger partial charge in [-0.15, -0.1) is 11.8 Å². The molecule has 2 amide bonds. The van der Waals surface area contributed by atoms with Crippen molar-refractivity contribution in [2.75, 3.05) is 40.8 Å². The summed E-state index contributed by atoms with van der Waals surface area (Å²) in [6.07, 6.45) is 4.66. The number of methoxy groups -OCH3 is 1. The number of benzene rings is 2. The van der Waals surface area contributed by atoms with Gasteiger partial charge in [0.05, 0.1) is 17.6 Å². The summed E-state index contributed by atoms with van der Waals surface area (Å²) in [6, 6.07) is 11.1. The molecule has 3 aromatic heterocycles. The molecule has 8 rings (SSSR count). The lowest BCUT2D eigenvalue weighted by Gasteiger charge is -2.39. The fourth-order valence-electron chi connectivity index (χ4n) is 7.26. The highest BCUT2D eigenvalue weighted by Crippen LogP contribution is 2.52. The molecule has 2 aliphatic heterocycles. The smallest absolute Gasteiger partial charge is 0.410 e. The number of pyridine rings is 2. The number of nitrogens with zero attached hydrogens (tertiary/aromatic N) is 6. The number of ether oxygens (including phenoxy) is 3. The zero-order chi connectivity index (χ0) is 35.5. The zero-order valence-corrected chi connectivity index (χ0v) is 30.1. The van der Waals surface area contributed by atoms with Crippen LogP contribution in [0.4, 0.5) is 9.18 Å². The molecule has 5 heterocycles. The Morgan fingerprint density at radius 3 is 2.60 bits per heavy atom. The highest BCUT2D eigenvalue weighted by atomic mass is 32.2. The standard InChI is InChI=1S/C37H41FN6O5S/c1-37(2,3)49-36(46)43-18-21-15-26(43)33(21)44-27(12-13-28(45)42(4)5)40-32-34(44)25-17-39-30(29(38)31(25)41-35(32)50-7)24-16-22(48-19-47-6)14-20-10-8-9-11-23(20)24/h8-11,14,16-17,21,26,33H,12-13,15,18-19H2,1-7H3. The summed E-state index contributed by atoms with van der Waals surface area (Å²) >= 11 is 1.39. The van der Waals surface area contributed by atoms with Crippen LogP contribution in [-0.4, -0.2) is 93.8 Å². The van der Waals surface area contributed by atoms with E-state index in [0.717, 1.165) is 17.2 Å². The first-order chi connectivity index (χ1) is 23.9. The fourth-order valence-corrected chi connectivity index (χ4v) is 7.78. The molecule has 3 fully saturated rings. The second kappa shape index (κ2) is 13.0. The predicted molar refractivity (Wildman–Crippen MR) is 191 cm³/mol. The molecule has 3 aliphatic rings. The fraction of sp³-hybridized carbons (Fsp3) is 0.432. The number of aromatic nitrogens is 4. The number of amides is 2. The van der Waals surface area contributed by atoms with Crippen molar-refractivity contribution in [2.24, 2.45) is 5.92 Å². The van der Waals surface area contributed by atoms with Gasteiger partial charge < -0.3 is 28.6 Å². The monoisotopic (exact) mass is 700 g/mol. The maximum atomic E-state index is 17.0. The Morgan fingerprint density at radius 2 is 1.88 bits per heavy atom. The van der Waals surface area contributed by atoms with Crippen LogP contribution in [0.25, 0.3) is 44.0 Å². The molecule has 5 aromatic rings. The zero-order valence-electron chi connectivity index (χ0n) is 29.3. The summed E-state index contributed by atoms with van der Waals surface area (Å²) in [5, 5.41) is 2.78. The topological polar surface area (TPSA) is 112 Å². The molecule has 3 atom stereocenters. The van der Waals surface area contributed by atoms with Gasteiger partial charge in [-0.05, 0) is 56.4 Å². The van der Waals surface area contributed by atoms with Crippen LogP contribution < -0.4 is 4.74 Å². The van der Waals surface area contributed by atoms with Crippen molar-refractivity contribution in [3.8, 4) is 17.0 Å². The quantitative estimate of drug-likeness (QED) is 0.121. The van der Waals surface area contributed by atoms with E-state index in [0.29, 0.717) is 51.5 Å². The molecule has 262 valence electrons. The van der Waals surface area contributed by atoms with Crippen molar-refractivity contribution in [2.45, 2.75) is 62.7 Å². The van der Waals surface area contributed by atoms with E-state index in [1.807, 2.05) is 57.4 Å². The third kappa shape index (κ3) is 5.89. The van der Waals surface area contributed by atoms with Gasteiger partial charge in [-0.25, -0.2) is 19.2 Å². The normalized spacial score (nSPS) is 18.6. The molecule has 1 aliphatic carbocycles.